The van der Waals surface area contributed by atoms with Crippen LogP contribution in [0, 0.1) is 0 Å². The van der Waals surface area contributed by atoms with E-state index in [4.69, 9.17) is 0 Å². The summed E-state index contributed by atoms with van der Waals surface area (Å²) in [6.45, 7) is 2.11. The molecule has 0 radical (unpaired) electrons. The number of aromatic amines is 1. The van der Waals surface area contributed by atoms with Gasteiger partial charge in [0.15, 0.2) is 0 Å². The number of nitrogens with zero attached hydrogens (tertiary/aromatic N) is 2. The lowest BCUT2D eigenvalue weighted by atomic mass is 10.2. The lowest BCUT2D eigenvalue weighted by Crippen LogP contribution is -2.34. The molecule has 2 heterocycles. The second-order valence-electron chi connectivity index (χ2n) is 3.31. The third-order valence-electron chi connectivity index (χ3n) is 2.31. The van der Waals surface area contributed by atoms with E-state index >= 15 is 0 Å². The average Bonchev–Trinajstić information content (AvgIpc) is 2.30. The SMILES string of the molecule is CCn1c(=O)cc(-c2cccnc2)[nH]c1=O. The highest BCUT2D eigenvalue weighted by molar-refractivity contribution is 5.56. The molecule has 0 unspecified atom stereocenters. The van der Waals surface area contributed by atoms with Crippen LogP contribution in [0.1, 0.15) is 6.92 Å². The van der Waals surface area contributed by atoms with Gasteiger partial charge in [-0.15, -0.1) is 0 Å². The average molecular weight is 217 g/mol. The van der Waals surface area contributed by atoms with Gasteiger partial charge < -0.3 is 4.98 Å². The van der Waals surface area contributed by atoms with Crippen molar-refractivity contribution in [1.29, 1.82) is 0 Å². The third-order valence-corrected chi connectivity index (χ3v) is 2.31. The van der Waals surface area contributed by atoms with Crippen LogP contribution in [0.25, 0.3) is 11.3 Å². The molecule has 0 aliphatic heterocycles. The van der Waals surface area contributed by atoms with Gasteiger partial charge in [0.25, 0.3) is 5.56 Å². The molecule has 0 atom stereocenters. The van der Waals surface area contributed by atoms with E-state index in [1.807, 2.05) is 0 Å². The fourth-order valence-electron chi connectivity index (χ4n) is 1.50. The summed E-state index contributed by atoms with van der Waals surface area (Å²) in [6, 6.07) is 4.94. The van der Waals surface area contributed by atoms with Crippen molar-refractivity contribution >= 4 is 0 Å². The second-order valence-corrected chi connectivity index (χ2v) is 3.31. The molecule has 1 N–H and O–H groups in total. The first-order valence-corrected chi connectivity index (χ1v) is 4.97. The van der Waals surface area contributed by atoms with Gasteiger partial charge in [0.2, 0.25) is 0 Å². The summed E-state index contributed by atoms with van der Waals surface area (Å²) in [5.41, 5.74) is 0.520. The minimum atomic E-state index is -0.395. The van der Waals surface area contributed by atoms with Crippen LogP contribution >= 0.6 is 0 Å². The first kappa shape index (κ1) is 10.4. The third kappa shape index (κ3) is 1.79. The van der Waals surface area contributed by atoms with Gasteiger partial charge in [-0.3, -0.25) is 14.3 Å². The van der Waals surface area contributed by atoms with E-state index in [1.165, 1.54) is 6.07 Å². The van der Waals surface area contributed by atoms with Crippen LogP contribution in [-0.2, 0) is 6.54 Å². The quantitative estimate of drug-likeness (QED) is 0.801. The highest BCUT2D eigenvalue weighted by Gasteiger charge is 2.04. The van der Waals surface area contributed by atoms with Gasteiger partial charge in [0.1, 0.15) is 0 Å². The second kappa shape index (κ2) is 4.14. The first-order valence-electron chi connectivity index (χ1n) is 4.97. The van der Waals surface area contributed by atoms with Crippen molar-refractivity contribution in [2.24, 2.45) is 0 Å². The summed E-state index contributed by atoms with van der Waals surface area (Å²) >= 11 is 0. The number of rotatable bonds is 2. The van der Waals surface area contributed by atoms with Gasteiger partial charge in [-0.1, -0.05) is 0 Å². The van der Waals surface area contributed by atoms with Gasteiger partial charge in [-0.25, -0.2) is 4.79 Å². The first-order chi connectivity index (χ1) is 7.72. The molecule has 0 bridgehead atoms. The molecule has 82 valence electrons. The Labute approximate surface area is 91.4 Å². The molecule has 0 aromatic carbocycles. The molecule has 5 heteroatoms. The Kier molecular flexibility index (Phi) is 2.68. The van der Waals surface area contributed by atoms with Crippen LogP contribution in [0.4, 0.5) is 0 Å². The molecule has 0 aliphatic rings. The summed E-state index contributed by atoms with van der Waals surface area (Å²) in [7, 11) is 0. The number of pyridine rings is 1. The molecular weight excluding hydrogens is 206 g/mol. The zero-order chi connectivity index (χ0) is 11.5. The van der Waals surface area contributed by atoms with Crippen molar-refractivity contribution in [3.8, 4) is 11.3 Å². The molecule has 0 amide bonds. The Morgan fingerprint density at radius 3 is 2.81 bits per heavy atom. The summed E-state index contributed by atoms with van der Waals surface area (Å²) in [5.74, 6) is 0. The van der Waals surface area contributed by atoms with Crippen LogP contribution in [0.5, 0.6) is 0 Å². The number of nitrogens with one attached hydrogen (secondary N) is 1. The molecule has 2 aromatic heterocycles. The molecular formula is C11H11N3O2. The molecule has 5 nitrogen and oxygen atoms in total. The van der Waals surface area contributed by atoms with Crippen LogP contribution in [-0.4, -0.2) is 14.5 Å². The molecule has 0 saturated heterocycles. The van der Waals surface area contributed by atoms with E-state index in [0.717, 1.165) is 10.1 Å². The Balaban J connectivity index is 2.62. The monoisotopic (exact) mass is 217 g/mol. The topological polar surface area (TPSA) is 67.8 Å². The molecule has 0 saturated carbocycles. The van der Waals surface area contributed by atoms with Crippen molar-refractivity contribution in [1.82, 2.24) is 14.5 Å². The number of hydrogen-bond acceptors (Lipinski definition) is 3. The maximum absolute atomic E-state index is 11.6. The van der Waals surface area contributed by atoms with Gasteiger partial charge >= 0.3 is 5.69 Å². The maximum Gasteiger partial charge on any atom is 0.328 e. The highest BCUT2D eigenvalue weighted by atomic mass is 16.2. The van der Waals surface area contributed by atoms with E-state index in [9.17, 15) is 9.59 Å². The fraction of sp³-hybridized carbons (Fsp3) is 0.182. The number of aromatic nitrogens is 3. The lowest BCUT2D eigenvalue weighted by molar-refractivity contribution is 0.674. The molecule has 0 aliphatic carbocycles. The Hall–Kier alpha value is -2.17. The zero-order valence-corrected chi connectivity index (χ0v) is 8.80. The Morgan fingerprint density at radius 1 is 1.44 bits per heavy atom. The van der Waals surface area contributed by atoms with Crippen molar-refractivity contribution < 1.29 is 0 Å². The van der Waals surface area contributed by atoms with E-state index in [-0.39, 0.29) is 5.56 Å². The summed E-state index contributed by atoms with van der Waals surface area (Å²) in [5, 5.41) is 0. The molecule has 2 rings (SSSR count). The van der Waals surface area contributed by atoms with Crippen LogP contribution < -0.4 is 11.2 Å². The highest BCUT2D eigenvalue weighted by Crippen LogP contribution is 2.10. The number of H-pyrrole nitrogens is 1. The van der Waals surface area contributed by atoms with E-state index in [2.05, 4.69) is 9.97 Å². The van der Waals surface area contributed by atoms with Crippen LogP contribution in [0.15, 0.2) is 40.2 Å². The minimum absolute atomic E-state index is 0.301. The summed E-state index contributed by atoms with van der Waals surface area (Å²) in [6.07, 6.45) is 3.23. The Bertz CT molecular complexity index is 567. The van der Waals surface area contributed by atoms with Crippen LogP contribution in [0.2, 0.25) is 0 Å². The summed E-state index contributed by atoms with van der Waals surface area (Å²) in [4.78, 5) is 29.7. The minimum Gasteiger partial charge on any atom is -0.307 e. The molecule has 16 heavy (non-hydrogen) atoms. The zero-order valence-electron chi connectivity index (χ0n) is 8.80. The normalized spacial score (nSPS) is 10.3. The lowest BCUT2D eigenvalue weighted by Gasteiger charge is -2.03. The smallest absolute Gasteiger partial charge is 0.307 e. The Morgan fingerprint density at radius 2 is 2.25 bits per heavy atom. The van der Waals surface area contributed by atoms with E-state index in [0.29, 0.717) is 12.2 Å². The number of hydrogen-bond donors (Lipinski definition) is 1. The van der Waals surface area contributed by atoms with Crippen LogP contribution in [0.3, 0.4) is 0 Å². The molecule has 0 fully saturated rings. The van der Waals surface area contributed by atoms with Crippen molar-refractivity contribution in [3.63, 3.8) is 0 Å². The standard InChI is InChI=1S/C11H11N3O2/c1-2-14-10(15)6-9(13-11(14)16)8-4-3-5-12-7-8/h3-7H,2H2,1H3,(H,13,16). The maximum atomic E-state index is 11.6. The van der Waals surface area contributed by atoms with E-state index in [1.54, 1.807) is 31.5 Å². The van der Waals surface area contributed by atoms with Gasteiger partial charge in [0, 0.05) is 30.6 Å². The van der Waals surface area contributed by atoms with Gasteiger partial charge in [0.05, 0.1) is 5.69 Å². The van der Waals surface area contributed by atoms with E-state index < -0.39 is 5.69 Å². The molecule has 2 aromatic rings. The van der Waals surface area contributed by atoms with Gasteiger partial charge in [-0.2, -0.15) is 0 Å². The molecule has 0 spiro atoms. The van der Waals surface area contributed by atoms with Crippen molar-refractivity contribution in [2.45, 2.75) is 13.5 Å². The predicted octanol–water partition coefficient (Wildman–Crippen LogP) is 0.618. The fourth-order valence-corrected chi connectivity index (χ4v) is 1.50. The van der Waals surface area contributed by atoms with Gasteiger partial charge in [-0.05, 0) is 19.1 Å². The van der Waals surface area contributed by atoms with Crippen molar-refractivity contribution in [2.75, 3.05) is 0 Å². The summed E-state index contributed by atoms with van der Waals surface area (Å²) < 4.78 is 1.14. The largest absolute Gasteiger partial charge is 0.328 e. The predicted molar refractivity (Wildman–Crippen MR) is 60.2 cm³/mol. The van der Waals surface area contributed by atoms with Crippen molar-refractivity contribution in [3.05, 3.63) is 51.4 Å².